The standard InChI is InChI=1S/C12H19N3O2/c1-2-14-5-7-15(8-6-14)12(16)11-4-3-10(9-13)17-11/h3-4H,2,5-9,13H2,1H3. The predicted molar refractivity (Wildman–Crippen MR) is 64.6 cm³/mol. The van der Waals surface area contributed by atoms with Crippen LogP contribution in [0.4, 0.5) is 0 Å². The zero-order chi connectivity index (χ0) is 12.3. The molecular formula is C12H19N3O2. The molecule has 0 radical (unpaired) electrons. The number of furan rings is 1. The topological polar surface area (TPSA) is 62.7 Å². The van der Waals surface area contributed by atoms with Gasteiger partial charge >= 0.3 is 0 Å². The second kappa shape index (κ2) is 5.33. The normalized spacial score (nSPS) is 17.4. The maximum absolute atomic E-state index is 12.1. The lowest BCUT2D eigenvalue weighted by molar-refractivity contribution is 0.0610. The van der Waals surface area contributed by atoms with Gasteiger partial charge in [-0.3, -0.25) is 4.79 Å². The first-order valence-electron chi connectivity index (χ1n) is 6.05. The molecule has 2 N–H and O–H groups in total. The van der Waals surface area contributed by atoms with E-state index in [1.165, 1.54) is 0 Å². The first kappa shape index (κ1) is 12.1. The van der Waals surface area contributed by atoms with Gasteiger partial charge in [0, 0.05) is 26.2 Å². The molecule has 1 amide bonds. The minimum absolute atomic E-state index is 0.0274. The number of hydrogen-bond donors (Lipinski definition) is 1. The molecular weight excluding hydrogens is 218 g/mol. The average Bonchev–Trinajstić information content (AvgIpc) is 2.87. The Bertz CT molecular complexity index is 381. The van der Waals surface area contributed by atoms with Gasteiger partial charge in [0.1, 0.15) is 5.76 Å². The van der Waals surface area contributed by atoms with Crippen molar-refractivity contribution in [1.82, 2.24) is 9.80 Å². The van der Waals surface area contributed by atoms with Crippen molar-refractivity contribution in [2.24, 2.45) is 5.73 Å². The van der Waals surface area contributed by atoms with Crippen LogP contribution in [0.2, 0.25) is 0 Å². The second-order valence-electron chi connectivity index (χ2n) is 4.20. The zero-order valence-electron chi connectivity index (χ0n) is 10.2. The van der Waals surface area contributed by atoms with Crippen LogP contribution in [-0.2, 0) is 6.54 Å². The number of nitrogens with two attached hydrogens (primary N) is 1. The molecule has 1 fully saturated rings. The minimum Gasteiger partial charge on any atom is -0.455 e. The average molecular weight is 237 g/mol. The molecule has 0 bridgehead atoms. The van der Waals surface area contributed by atoms with Gasteiger partial charge in [-0.25, -0.2) is 0 Å². The summed E-state index contributed by atoms with van der Waals surface area (Å²) in [6.45, 7) is 6.92. The summed E-state index contributed by atoms with van der Waals surface area (Å²) in [6, 6.07) is 3.46. The Hall–Kier alpha value is -1.33. The molecule has 5 nitrogen and oxygen atoms in total. The lowest BCUT2D eigenvalue weighted by Gasteiger charge is -2.33. The SMILES string of the molecule is CCN1CCN(C(=O)c2ccc(CN)o2)CC1. The Balaban J connectivity index is 1.96. The number of carbonyl (C=O) groups is 1. The van der Waals surface area contributed by atoms with E-state index >= 15 is 0 Å². The molecule has 2 rings (SSSR count). The Kier molecular flexibility index (Phi) is 3.81. The highest BCUT2D eigenvalue weighted by atomic mass is 16.4. The van der Waals surface area contributed by atoms with Crippen LogP contribution in [0.15, 0.2) is 16.5 Å². The molecule has 0 aromatic carbocycles. The predicted octanol–water partition coefficient (Wildman–Crippen LogP) is 0.516. The molecule has 94 valence electrons. The Labute approximate surface area is 101 Å². The van der Waals surface area contributed by atoms with Crippen molar-refractivity contribution in [2.75, 3.05) is 32.7 Å². The molecule has 5 heteroatoms. The minimum atomic E-state index is -0.0274. The van der Waals surface area contributed by atoms with E-state index < -0.39 is 0 Å². The molecule has 1 saturated heterocycles. The molecule has 0 unspecified atom stereocenters. The number of rotatable bonds is 3. The van der Waals surface area contributed by atoms with E-state index in [2.05, 4.69) is 11.8 Å². The Morgan fingerprint density at radius 2 is 2.06 bits per heavy atom. The lowest BCUT2D eigenvalue weighted by atomic mass is 10.3. The van der Waals surface area contributed by atoms with Crippen LogP contribution in [0.5, 0.6) is 0 Å². The summed E-state index contributed by atoms with van der Waals surface area (Å²) >= 11 is 0. The first-order chi connectivity index (χ1) is 8.24. The van der Waals surface area contributed by atoms with Crippen molar-refractivity contribution in [3.63, 3.8) is 0 Å². The molecule has 0 saturated carbocycles. The van der Waals surface area contributed by atoms with Gasteiger partial charge in [0.05, 0.1) is 6.54 Å². The fourth-order valence-corrected chi connectivity index (χ4v) is 2.03. The third-order valence-electron chi connectivity index (χ3n) is 3.18. The fourth-order valence-electron chi connectivity index (χ4n) is 2.03. The molecule has 1 aliphatic heterocycles. The van der Waals surface area contributed by atoms with Crippen molar-refractivity contribution in [3.05, 3.63) is 23.7 Å². The summed E-state index contributed by atoms with van der Waals surface area (Å²) in [6.07, 6.45) is 0. The van der Waals surface area contributed by atoms with Crippen molar-refractivity contribution in [1.29, 1.82) is 0 Å². The van der Waals surface area contributed by atoms with E-state index in [1.807, 2.05) is 4.90 Å². The van der Waals surface area contributed by atoms with Gasteiger partial charge in [0.15, 0.2) is 5.76 Å². The number of amides is 1. The Morgan fingerprint density at radius 3 is 2.59 bits per heavy atom. The van der Waals surface area contributed by atoms with Crippen molar-refractivity contribution in [3.8, 4) is 0 Å². The third-order valence-corrected chi connectivity index (χ3v) is 3.18. The highest BCUT2D eigenvalue weighted by molar-refractivity contribution is 5.91. The number of likely N-dealkylation sites (N-methyl/N-ethyl adjacent to an activating group) is 1. The first-order valence-corrected chi connectivity index (χ1v) is 6.05. The molecule has 0 atom stereocenters. The van der Waals surface area contributed by atoms with Crippen molar-refractivity contribution >= 4 is 5.91 Å². The van der Waals surface area contributed by atoms with Gasteiger partial charge in [-0.05, 0) is 18.7 Å². The van der Waals surface area contributed by atoms with Crippen molar-refractivity contribution in [2.45, 2.75) is 13.5 Å². The van der Waals surface area contributed by atoms with Crippen LogP contribution in [0.25, 0.3) is 0 Å². The van der Waals surface area contributed by atoms with E-state index in [-0.39, 0.29) is 5.91 Å². The van der Waals surface area contributed by atoms with Gasteiger partial charge in [-0.15, -0.1) is 0 Å². The second-order valence-corrected chi connectivity index (χ2v) is 4.20. The summed E-state index contributed by atoms with van der Waals surface area (Å²) in [5, 5.41) is 0. The van der Waals surface area contributed by atoms with E-state index in [0.717, 1.165) is 32.7 Å². The van der Waals surface area contributed by atoms with Crippen LogP contribution < -0.4 is 5.73 Å². The molecule has 0 spiro atoms. The quantitative estimate of drug-likeness (QED) is 0.832. The summed E-state index contributed by atoms with van der Waals surface area (Å²) in [5.74, 6) is 1.02. The molecule has 2 heterocycles. The van der Waals surface area contributed by atoms with Crippen molar-refractivity contribution < 1.29 is 9.21 Å². The summed E-state index contributed by atoms with van der Waals surface area (Å²) in [5.41, 5.74) is 5.45. The van der Waals surface area contributed by atoms with Gasteiger partial charge in [-0.2, -0.15) is 0 Å². The molecule has 0 aliphatic carbocycles. The van der Waals surface area contributed by atoms with Gasteiger partial charge < -0.3 is 20.0 Å². The molecule has 1 aromatic heterocycles. The van der Waals surface area contributed by atoms with Crippen LogP contribution in [-0.4, -0.2) is 48.4 Å². The summed E-state index contributed by atoms with van der Waals surface area (Å²) in [7, 11) is 0. The van der Waals surface area contributed by atoms with Gasteiger partial charge in [0.25, 0.3) is 5.91 Å². The van der Waals surface area contributed by atoms with Crippen LogP contribution >= 0.6 is 0 Å². The van der Waals surface area contributed by atoms with E-state index in [0.29, 0.717) is 18.1 Å². The van der Waals surface area contributed by atoms with Gasteiger partial charge in [0.2, 0.25) is 0 Å². The maximum Gasteiger partial charge on any atom is 0.289 e. The summed E-state index contributed by atoms with van der Waals surface area (Å²) < 4.78 is 5.37. The van der Waals surface area contributed by atoms with Crippen LogP contribution in [0.3, 0.4) is 0 Å². The molecule has 17 heavy (non-hydrogen) atoms. The molecule has 1 aromatic rings. The van der Waals surface area contributed by atoms with Crippen LogP contribution in [0, 0.1) is 0 Å². The largest absolute Gasteiger partial charge is 0.455 e. The summed E-state index contributed by atoms with van der Waals surface area (Å²) in [4.78, 5) is 16.3. The number of piperazine rings is 1. The zero-order valence-corrected chi connectivity index (χ0v) is 10.2. The number of nitrogens with zero attached hydrogens (tertiary/aromatic N) is 2. The van der Waals surface area contributed by atoms with E-state index in [4.69, 9.17) is 10.2 Å². The maximum atomic E-state index is 12.1. The highest BCUT2D eigenvalue weighted by Crippen LogP contribution is 2.12. The van der Waals surface area contributed by atoms with Crippen LogP contribution in [0.1, 0.15) is 23.2 Å². The van der Waals surface area contributed by atoms with Gasteiger partial charge in [-0.1, -0.05) is 6.92 Å². The number of hydrogen-bond acceptors (Lipinski definition) is 4. The van der Waals surface area contributed by atoms with E-state index in [9.17, 15) is 4.79 Å². The lowest BCUT2D eigenvalue weighted by Crippen LogP contribution is -2.48. The highest BCUT2D eigenvalue weighted by Gasteiger charge is 2.23. The van der Waals surface area contributed by atoms with E-state index in [1.54, 1.807) is 12.1 Å². The molecule has 1 aliphatic rings. The third kappa shape index (κ3) is 2.68. The Morgan fingerprint density at radius 1 is 1.35 bits per heavy atom. The smallest absolute Gasteiger partial charge is 0.289 e. The number of carbonyl (C=O) groups excluding carboxylic acids is 1. The fraction of sp³-hybridized carbons (Fsp3) is 0.583. The monoisotopic (exact) mass is 237 g/mol.